The van der Waals surface area contributed by atoms with Crippen LogP contribution in [-0.4, -0.2) is 74.1 Å². The van der Waals surface area contributed by atoms with Gasteiger partial charge in [-0.1, -0.05) is 24.8 Å². The van der Waals surface area contributed by atoms with Gasteiger partial charge in [0.15, 0.2) is 0 Å². The molecule has 3 heterocycles. The number of amides is 1. The van der Waals surface area contributed by atoms with Crippen LogP contribution in [0.2, 0.25) is 0 Å². The van der Waals surface area contributed by atoms with Gasteiger partial charge in [-0.3, -0.25) is 4.79 Å². The number of hydrogen-bond donors (Lipinski definition) is 2. The third kappa shape index (κ3) is 6.22. The first kappa shape index (κ1) is 26.1. The Balaban J connectivity index is 1.60. The number of nitrogens with one attached hydrogen (secondary N) is 2. The number of hydrogen-bond acceptors (Lipinski definition) is 5. The van der Waals surface area contributed by atoms with Crippen molar-refractivity contribution in [2.45, 2.75) is 31.2 Å². The largest absolute Gasteiger partial charge is 0.417 e. The van der Waals surface area contributed by atoms with Gasteiger partial charge in [0.2, 0.25) is 5.91 Å². The topological polar surface area (TPSA) is 66.5 Å². The maximum absolute atomic E-state index is 14.7. The van der Waals surface area contributed by atoms with Crippen LogP contribution < -0.4 is 10.6 Å². The minimum absolute atomic E-state index is 0.115. The summed E-state index contributed by atoms with van der Waals surface area (Å²) in [7, 11) is 1.85. The van der Waals surface area contributed by atoms with Crippen molar-refractivity contribution in [3.63, 3.8) is 0 Å². The van der Waals surface area contributed by atoms with Gasteiger partial charge in [0.05, 0.1) is 36.2 Å². The Bertz CT molecular complexity index is 1150. The van der Waals surface area contributed by atoms with Crippen LogP contribution in [0, 0.1) is 5.92 Å². The molecule has 2 fully saturated rings. The molecule has 2 aromatic rings. The van der Waals surface area contributed by atoms with Crippen molar-refractivity contribution in [3.05, 3.63) is 48.3 Å². The van der Waals surface area contributed by atoms with Crippen LogP contribution in [0.5, 0.6) is 0 Å². The van der Waals surface area contributed by atoms with Gasteiger partial charge in [-0.25, -0.2) is 9.37 Å². The van der Waals surface area contributed by atoms with Crippen LogP contribution in [-0.2, 0) is 9.53 Å². The van der Waals surface area contributed by atoms with E-state index in [1.165, 1.54) is 0 Å². The lowest BCUT2D eigenvalue weighted by Crippen LogP contribution is -2.46. The third-order valence-corrected chi connectivity index (χ3v) is 6.49. The van der Waals surface area contributed by atoms with Gasteiger partial charge in [0.25, 0.3) is 0 Å². The monoisotopic (exact) mass is 506 g/mol. The van der Waals surface area contributed by atoms with Gasteiger partial charge in [-0.2, -0.15) is 13.2 Å². The lowest BCUT2D eigenvalue weighted by atomic mass is 9.99. The average Bonchev–Trinajstić information content (AvgIpc) is 2.79. The van der Waals surface area contributed by atoms with E-state index in [0.717, 1.165) is 0 Å². The first-order valence-electron chi connectivity index (χ1n) is 11.9. The van der Waals surface area contributed by atoms with Crippen molar-refractivity contribution in [2.75, 3.05) is 45.2 Å². The molecule has 1 aromatic heterocycles. The molecule has 2 atom stereocenters. The standard InChI is InChI=1S/C26H30F4N4O2/c1-16(26(28,29)30)25-19-6-3-7-22(33-23-8-10-34(2)13-21(23)27)20(19)12-18(32-25)5-4-9-31-24(35)11-17-14-36-15-17/h3-7,12,17,21,23,33H,1,8-11,13-15H2,2H3,(H,31,35)/b5-4+/t21-,23+/m0/s1. The lowest BCUT2D eigenvalue weighted by Gasteiger charge is -2.33. The second-order valence-electron chi connectivity index (χ2n) is 9.40. The molecule has 1 aromatic carbocycles. The Labute approximate surface area is 207 Å². The van der Waals surface area contributed by atoms with E-state index in [1.54, 1.807) is 36.4 Å². The minimum atomic E-state index is -4.66. The Hall–Kier alpha value is -2.98. The molecule has 194 valence electrons. The number of benzene rings is 1. The number of pyridine rings is 1. The number of carbonyl (C=O) groups is 1. The van der Waals surface area contributed by atoms with Crippen molar-refractivity contribution in [2.24, 2.45) is 5.92 Å². The SMILES string of the molecule is C=C(c1nc(/C=C/CNC(=O)CC2COC2)cc2c(N[C@@H]3CCN(C)C[C@@H]3F)cccc12)C(F)(F)F. The number of likely N-dealkylation sites (tertiary alicyclic amines) is 1. The molecule has 2 aliphatic heterocycles. The summed E-state index contributed by atoms with van der Waals surface area (Å²) in [5.74, 6) is 0.113. The molecule has 0 aliphatic carbocycles. The molecule has 2 N–H and O–H groups in total. The molecule has 36 heavy (non-hydrogen) atoms. The van der Waals surface area contributed by atoms with Crippen molar-refractivity contribution in [1.82, 2.24) is 15.2 Å². The average molecular weight is 507 g/mol. The highest BCUT2D eigenvalue weighted by Gasteiger charge is 2.35. The molecular formula is C26H30F4N4O2. The normalized spacial score (nSPS) is 21.5. The summed E-state index contributed by atoms with van der Waals surface area (Å²) in [5.41, 5.74) is -0.524. The number of rotatable bonds is 8. The predicted octanol–water partition coefficient (Wildman–Crippen LogP) is 4.43. The first-order chi connectivity index (χ1) is 17.1. The molecule has 0 spiro atoms. The summed E-state index contributed by atoms with van der Waals surface area (Å²) >= 11 is 0. The number of aromatic nitrogens is 1. The van der Waals surface area contributed by atoms with Crippen LogP contribution in [0.3, 0.4) is 0 Å². The first-order valence-corrected chi connectivity index (χ1v) is 11.9. The molecule has 10 heteroatoms. The fourth-order valence-electron chi connectivity index (χ4n) is 4.38. The summed E-state index contributed by atoms with van der Waals surface area (Å²) in [6.45, 7) is 5.61. The number of piperidine rings is 1. The second-order valence-corrected chi connectivity index (χ2v) is 9.40. The summed E-state index contributed by atoms with van der Waals surface area (Å²) in [5, 5.41) is 6.74. The number of anilines is 1. The summed E-state index contributed by atoms with van der Waals surface area (Å²) in [6, 6.07) is 6.12. The van der Waals surface area contributed by atoms with Crippen molar-refractivity contribution in [1.29, 1.82) is 0 Å². The van der Waals surface area contributed by atoms with Crippen LogP contribution in [0.25, 0.3) is 22.4 Å². The van der Waals surface area contributed by atoms with Gasteiger partial charge < -0.3 is 20.3 Å². The quantitative estimate of drug-likeness (QED) is 0.519. The summed E-state index contributed by atoms with van der Waals surface area (Å²) in [4.78, 5) is 18.1. The minimum Gasteiger partial charge on any atom is -0.381 e. The maximum Gasteiger partial charge on any atom is 0.417 e. The van der Waals surface area contributed by atoms with E-state index in [-0.39, 0.29) is 41.7 Å². The van der Waals surface area contributed by atoms with Crippen molar-refractivity contribution >= 4 is 34.0 Å². The highest BCUT2D eigenvalue weighted by Crippen LogP contribution is 2.37. The Morgan fingerprint density at radius 3 is 2.75 bits per heavy atom. The van der Waals surface area contributed by atoms with E-state index in [1.807, 2.05) is 11.9 Å². The zero-order chi connectivity index (χ0) is 25.9. The smallest absolute Gasteiger partial charge is 0.381 e. The zero-order valence-electron chi connectivity index (χ0n) is 20.1. The van der Waals surface area contributed by atoms with Crippen LogP contribution >= 0.6 is 0 Å². The van der Waals surface area contributed by atoms with Gasteiger partial charge in [0.1, 0.15) is 6.17 Å². The van der Waals surface area contributed by atoms with E-state index < -0.39 is 24.0 Å². The van der Waals surface area contributed by atoms with E-state index in [9.17, 15) is 22.4 Å². The van der Waals surface area contributed by atoms with Gasteiger partial charge in [0, 0.05) is 48.4 Å². The van der Waals surface area contributed by atoms with E-state index in [4.69, 9.17) is 4.74 Å². The number of ether oxygens (including phenoxy) is 1. The molecule has 2 saturated heterocycles. The predicted molar refractivity (Wildman–Crippen MR) is 132 cm³/mol. The number of halogens is 4. The number of nitrogens with zero attached hydrogens (tertiary/aromatic N) is 2. The Kier molecular flexibility index (Phi) is 7.94. The Morgan fingerprint density at radius 2 is 2.08 bits per heavy atom. The number of fused-ring (bicyclic) bond motifs is 1. The Morgan fingerprint density at radius 1 is 1.31 bits per heavy atom. The number of alkyl halides is 4. The van der Waals surface area contributed by atoms with Crippen LogP contribution in [0.1, 0.15) is 24.2 Å². The highest BCUT2D eigenvalue weighted by atomic mass is 19.4. The fourth-order valence-corrected chi connectivity index (χ4v) is 4.38. The van der Waals surface area contributed by atoms with Gasteiger partial charge in [-0.05, 0) is 31.7 Å². The summed E-state index contributed by atoms with van der Waals surface area (Å²) in [6.07, 6.45) is -1.64. The molecule has 0 unspecified atom stereocenters. The van der Waals surface area contributed by atoms with E-state index >= 15 is 0 Å². The molecular weight excluding hydrogens is 476 g/mol. The molecule has 6 nitrogen and oxygen atoms in total. The summed E-state index contributed by atoms with van der Waals surface area (Å²) < 4.78 is 60.5. The maximum atomic E-state index is 14.7. The third-order valence-electron chi connectivity index (χ3n) is 6.49. The van der Waals surface area contributed by atoms with Gasteiger partial charge >= 0.3 is 6.18 Å². The molecule has 0 saturated carbocycles. The van der Waals surface area contributed by atoms with Crippen LogP contribution in [0.15, 0.2) is 36.9 Å². The molecule has 4 rings (SSSR count). The molecule has 0 radical (unpaired) electrons. The van der Waals surface area contributed by atoms with E-state index in [2.05, 4.69) is 22.2 Å². The van der Waals surface area contributed by atoms with Crippen molar-refractivity contribution < 1.29 is 27.1 Å². The lowest BCUT2D eigenvalue weighted by molar-refractivity contribution is -0.126. The number of carbonyl (C=O) groups excluding carboxylic acids is 1. The highest BCUT2D eigenvalue weighted by molar-refractivity contribution is 6.00. The van der Waals surface area contributed by atoms with Crippen LogP contribution in [0.4, 0.5) is 23.2 Å². The molecule has 2 aliphatic rings. The second kappa shape index (κ2) is 11.0. The number of allylic oxidation sites excluding steroid dienone is 1. The zero-order valence-corrected chi connectivity index (χ0v) is 20.1. The fraction of sp³-hybridized carbons (Fsp3) is 0.462. The van der Waals surface area contributed by atoms with E-state index in [0.29, 0.717) is 43.7 Å². The molecule has 1 amide bonds. The van der Waals surface area contributed by atoms with Crippen molar-refractivity contribution in [3.8, 4) is 0 Å². The van der Waals surface area contributed by atoms with Gasteiger partial charge in [-0.15, -0.1) is 0 Å². The molecule has 0 bridgehead atoms.